The van der Waals surface area contributed by atoms with Crippen LogP contribution in [0, 0.1) is 13.8 Å². The number of aryl methyl sites for hydroxylation is 1. The van der Waals surface area contributed by atoms with Gasteiger partial charge in [-0.15, -0.1) is 0 Å². The van der Waals surface area contributed by atoms with E-state index in [9.17, 15) is 14.4 Å². The largest absolute Gasteiger partial charge is 0.422 e. The maximum atomic E-state index is 12.4. The van der Waals surface area contributed by atoms with Gasteiger partial charge >= 0.3 is 17.8 Å². The number of anilines is 1. The van der Waals surface area contributed by atoms with Crippen LogP contribution in [-0.2, 0) is 9.59 Å². The highest BCUT2D eigenvalue weighted by Crippen LogP contribution is 2.24. The lowest BCUT2D eigenvalue weighted by molar-refractivity contribution is -0.136. The minimum Gasteiger partial charge on any atom is -0.422 e. The summed E-state index contributed by atoms with van der Waals surface area (Å²) in [4.78, 5) is 36.7. The third-order valence-corrected chi connectivity index (χ3v) is 5.46. The van der Waals surface area contributed by atoms with E-state index in [2.05, 4.69) is 31.8 Å². The molecule has 0 aromatic heterocycles. The number of benzene rings is 3. The van der Waals surface area contributed by atoms with Crippen molar-refractivity contribution < 1.29 is 19.1 Å². The molecule has 0 spiro atoms. The number of hydrazone groups is 1. The molecular formula is C24H19BrClN3O4. The Balaban J connectivity index is 1.67. The van der Waals surface area contributed by atoms with Gasteiger partial charge in [0.05, 0.1) is 11.8 Å². The highest BCUT2D eigenvalue weighted by atomic mass is 79.9. The van der Waals surface area contributed by atoms with Crippen molar-refractivity contribution in [3.8, 4) is 5.75 Å². The number of carbonyl (C=O) groups is 3. The summed E-state index contributed by atoms with van der Waals surface area (Å²) < 4.78 is 6.19. The molecule has 0 heterocycles. The molecule has 0 saturated carbocycles. The number of rotatable bonds is 5. The van der Waals surface area contributed by atoms with Crippen LogP contribution in [0.3, 0.4) is 0 Å². The Morgan fingerprint density at radius 3 is 2.45 bits per heavy atom. The minimum absolute atomic E-state index is 0.237. The van der Waals surface area contributed by atoms with Gasteiger partial charge in [-0.3, -0.25) is 9.59 Å². The third-order valence-electron chi connectivity index (χ3n) is 4.55. The van der Waals surface area contributed by atoms with Crippen molar-refractivity contribution in [1.29, 1.82) is 0 Å². The van der Waals surface area contributed by atoms with Gasteiger partial charge in [0.1, 0.15) is 5.75 Å². The lowest BCUT2D eigenvalue weighted by atomic mass is 10.1. The summed E-state index contributed by atoms with van der Waals surface area (Å²) in [6.45, 7) is 3.64. The van der Waals surface area contributed by atoms with Gasteiger partial charge in [-0.05, 0) is 61.9 Å². The topological polar surface area (TPSA) is 96.9 Å². The van der Waals surface area contributed by atoms with Crippen molar-refractivity contribution >= 4 is 57.2 Å². The van der Waals surface area contributed by atoms with Gasteiger partial charge in [0.25, 0.3) is 0 Å². The number of esters is 1. The molecule has 2 amide bonds. The fourth-order valence-corrected chi connectivity index (χ4v) is 3.25. The maximum Gasteiger partial charge on any atom is 0.343 e. The Bertz CT molecular complexity index is 1240. The van der Waals surface area contributed by atoms with E-state index in [1.807, 2.05) is 19.1 Å². The van der Waals surface area contributed by atoms with Gasteiger partial charge < -0.3 is 10.1 Å². The van der Waals surface area contributed by atoms with Gasteiger partial charge in [0.2, 0.25) is 0 Å². The summed E-state index contributed by atoms with van der Waals surface area (Å²) in [5, 5.41) is 6.76. The van der Waals surface area contributed by atoms with Gasteiger partial charge in [-0.2, -0.15) is 5.10 Å². The number of halogens is 2. The number of hydrogen-bond donors (Lipinski definition) is 2. The molecule has 3 rings (SSSR count). The van der Waals surface area contributed by atoms with Crippen LogP contribution in [0.5, 0.6) is 5.75 Å². The van der Waals surface area contributed by atoms with Gasteiger partial charge in [0, 0.05) is 20.7 Å². The molecule has 0 unspecified atom stereocenters. The van der Waals surface area contributed by atoms with E-state index in [0.717, 1.165) is 5.56 Å². The van der Waals surface area contributed by atoms with Crippen LogP contribution in [-0.4, -0.2) is 24.0 Å². The van der Waals surface area contributed by atoms with Gasteiger partial charge in [0.15, 0.2) is 0 Å². The van der Waals surface area contributed by atoms with Crippen LogP contribution >= 0.6 is 27.5 Å². The SMILES string of the molecule is Cc1ccc(C(=O)Oc2ccc(Br)cc2/C=N/NC(=O)C(=O)Nc2cccc(Cl)c2C)cc1. The van der Waals surface area contributed by atoms with E-state index in [1.165, 1.54) is 6.21 Å². The first kappa shape index (κ1) is 24.2. The van der Waals surface area contributed by atoms with Crippen LogP contribution < -0.4 is 15.5 Å². The Morgan fingerprint density at radius 1 is 1.00 bits per heavy atom. The van der Waals surface area contributed by atoms with Crippen molar-refractivity contribution in [2.24, 2.45) is 5.10 Å². The van der Waals surface area contributed by atoms with E-state index < -0.39 is 17.8 Å². The van der Waals surface area contributed by atoms with Crippen molar-refractivity contribution in [2.75, 3.05) is 5.32 Å². The second kappa shape index (κ2) is 10.9. The van der Waals surface area contributed by atoms with Crippen LogP contribution in [0.15, 0.2) is 70.2 Å². The van der Waals surface area contributed by atoms with Gasteiger partial charge in [-0.1, -0.05) is 51.3 Å². The predicted octanol–water partition coefficient (Wildman–Crippen LogP) is 5.03. The standard InChI is InChI=1S/C24H19BrClN3O4/c1-14-6-8-16(9-7-14)24(32)33-21-11-10-18(25)12-17(21)13-27-29-23(31)22(30)28-20-5-3-4-19(26)15(20)2/h3-13H,1-2H3,(H,28,30)(H,29,31)/b27-13+. The van der Waals surface area contributed by atoms with Crippen molar-refractivity contribution in [3.05, 3.63) is 92.4 Å². The van der Waals surface area contributed by atoms with Crippen molar-refractivity contribution in [1.82, 2.24) is 5.43 Å². The van der Waals surface area contributed by atoms with Crippen LogP contribution in [0.4, 0.5) is 5.69 Å². The maximum absolute atomic E-state index is 12.4. The molecule has 0 saturated heterocycles. The van der Waals surface area contributed by atoms with Gasteiger partial charge in [-0.25, -0.2) is 10.2 Å². The normalized spacial score (nSPS) is 10.7. The summed E-state index contributed by atoms with van der Waals surface area (Å²) in [5.74, 6) is -2.18. The quantitative estimate of drug-likeness (QED) is 0.160. The molecule has 0 fully saturated rings. The van der Waals surface area contributed by atoms with Crippen molar-refractivity contribution in [2.45, 2.75) is 13.8 Å². The Labute approximate surface area is 203 Å². The molecule has 0 aliphatic rings. The summed E-state index contributed by atoms with van der Waals surface area (Å²) >= 11 is 9.37. The van der Waals surface area contributed by atoms with Crippen LogP contribution in [0.2, 0.25) is 5.02 Å². The summed E-state index contributed by atoms with van der Waals surface area (Å²) in [5.41, 5.74) is 5.04. The zero-order valence-corrected chi connectivity index (χ0v) is 20.0. The highest BCUT2D eigenvalue weighted by Gasteiger charge is 2.15. The van der Waals surface area contributed by atoms with Crippen LogP contribution in [0.1, 0.15) is 27.0 Å². The molecule has 2 N–H and O–H groups in total. The Kier molecular flexibility index (Phi) is 7.97. The first-order chi connectivity index (χ1) is 15.7. The van der Waals surface area contributed by atoms with E-state index in [-0.39, 0.29) is 5.75 Å². The number of carbonyl (C=O) groups excluding carboxylic acids is 3. The molecule has 0 radical (unpaired) electrons. The molecule has 0 aliphatic carbocycles. The second-order valence-corrected chi connectivity index (χ2v) is 8.33. The molecule has 9 heteroatoms. The molecule has 3 aromatic carbocycles. The average molecular weight is 529 g/mol. The summed E-state index contributed by atoms with van der Waals surface area (Å²) in [6.07, 6.45) is 1.28. The summed E-state index contributed by atoms with van der Waals surface area (Å²) in [7, 11) is 0. The van der Waals surface area contributed by atoms with E-state index >= 15 is 0 Å². The van der Waals surface area contributed by atoms with Crippen molar-refractivity contribution in [3.63, 3.8) is 0 Å². The molecular weight excluding hydrogens is 510 g/mol. The molecule has 3 aromatic rings. The monoisotopic (exact) mass is 527 g/mol. The fraction of sp³-hybridized carbons (Fsp3) is 0.0833. The molecule has 7 nitrogen and oxygen atoms in total. The first-order valence-corrected chi connectivity index (χ1v) is 10.9. The number of ether oxygens (including phenoxy) is 1. The van der Waals surface area contributed by atoms with E-state index in [0.29, 0.717) is 31.9 Å². The third kappa shape index (κ3) is 6.50. The van der Waals surface area contributed by atoms with Crippen LogP contribution in [0.25, 0.3) is 0 Å². The minimum atomic E-state index is -0.973. The first-order valence-electron chi connectivity index (χ1n) is 9.72. The number of hydrogen-bond acceptors (Lipinski definition) is 5. The molecule has 33 heavy (non-hydrogen) atoms. The Morgan fingerprint density at radius 2 is 1.73 bits per heavy atom. The van der Waals surface area contributed by atoms with E-state index in [1.54, 1.807) is 55.5 Å². The second-order valence-electron chi connectivity index (χ2n) is 7.00. The molecule has 168 valence electrons. The predicted molar refractivity (Wildman–Crippen MR) is 131 cm³/mol. The molecule has 0 atom stereocenters. The molecule has 0 aliphatic heterocycles. The Hall–Kier alpha value is -3.49. The lowest BCUT2D eigenvalue weighted by Gasteiger charge is -2.09. The van der Waals surface area contributed by atoms with E-state index in [4.69, 9.17) is 16.3 Å². The number of amides is 2. The summed E-state index contributed by atoms with van der Waals surface area (Å²) in [6, 6.07) is 16.9. The zero-order chi connectivity index (χ0) is 24.0. The number of nitrogens with one attached hydrogen (secondary N) is 2. The highest BCUT2D eigenvalue weighted by molar-refractivity contribution is 9.10. The molecule has 0 bridgehead atoms. The zero-order valence-electron chi connectivity index (χ0n) is 17.7. The lowest BCUT2D eigenvalue weighted by Crippen LogP contribution is -2.32. The average Bonchev–Trinajstić information content (AvgIpc) is 2.78. The number of nitrogens with zero attached hydrogens (tertiary/aromatic N) is 1. The smallest absolute Gasteiger partial charge is 0.343 e. The fourth-order valence-electron chi connectivity index (χ4n) is 2.69.